The van der Waals surface area contributed by atoms with E-state index in [1.165, 1.54) is 0 Å². The average Bonchev–Trinajstić information content (AvgIpc) is 2.15. The van der Waals surface area contributed by atoms with Gasteiger partial charge in [0.25, 0.3) is 0 Å². The topological polar surface area (TPSA) is 46.2 Å². The lowest BCUT2D eigenvalue weighted by atomic mass is 9.71. The fraction of sp³-hybridized carbons (Fsp3) is 0.667. The molecule has 0 amide bonds. The van der Waals surface area contributed by atoms with Gasteiger partial charge in [-0.1, -0.05) is 40.3 Å². The molecular formula is C12H23NO. The zero-order valence-electron chi connectivity index (χ0n) is 9.75. The van der Waals surface area contributed by atoms with E-state index in [4.69, 9.17) is 5.73 Å². The van der Waals surface area contributed by atoms with Crippen molar-refractivity contribution in [3.63, 3.8) is 0 Å². The van der Waals surface area contributed by atoms with Crippen molar-refractivity contribution in [2.45, 2.75) is 40.2 Å². The Morgan fingerprint density at radius 3 is 2.36 bits per heavy atom. The first-order valence-electron chi connectivity index (χ1n) is 5.16. The fourth-order valence-electron chi connectivity index (χ4n) is 1.53. The lowest BCUT2D eigenvalue weighted by molar-refractivity contribution is 0.0248. The highest BCUT2D eigenvalue weighted by Gasteiger charge is 2.35. The van der Waals surface area contributed by atoms with Gasteiger partial charge in [0.1, 0.15) is 0 Å². The SMILES string of the molecule is C=C/C=C(/N)C(O)C(C)(CC)C(C)C. The van der Waals surface area contributed by atoms with Crippen molar-refractivity contribution >= 4 is 0 Å². The van der Waals surface area contributed by atoms with Gasteiger partial charge in [-0.2, -0.15) is 0 Å². The smallest absolute Gasteiger partial charge is 0.0987 e. The summed E-state index contributed by atoms with van der Waals surface area (Å²) in [5.74, 6) is 0.388. The van der Waals surface area contributed by atoms with Gasteiger partial charge >= 0.3 is 0 Å². The van der Waals surface area contributed by atoms with Gasteiger partial charge in [-0.3, -0.25) is 0 Å². The maximum atomic E-state index is 10.1. The highest BCUT2D eigenvalue weighted by Crippen LogP contribution is 2.36. The fourth-order valence-corrected chi connectivity index (χ4v) is 1.53. The van der Waals surface area contributed by atoms with E-state index in [-0.39, 0.29) is 5.41 Å². The van der Waals surface area contributed by atoms with Crippen LogP contribution in [0, 0.1) is 11.3 Å². The van der Waals surface area contributed by atoms with Crippen molar-refractivity contribution in [3.05, 3.63) is 24.4 Å². The Kier molecular flexibility index (Phi) is 4.92. The molecule has 0 rings (SSSR count). The molecule has 0 aliphatic carbocycles. The van der Waals surface area contributed by atoms with Crippen molar-refractivity contribution in [1.29, 1.82) is 0 Å². The van der Waals surface area contributed by atoms with E-state index in [9.17, 15) is 5.11 Å². The molecule has 0 saturated carbocycles. The van der Waals surface area contributed by atoms with Gasteiger partial charge in [-0.15, -0.1) is 0 Å². The Morgan fingerprint density at radius 2 is 2.07 bits per heavy atom. The summed E-state index contributed by atoms with van der Waals surface area (Å²) in [6.45, 7) is 11.9. The first-order chi connectivity index (χ1) is 6.40. The molecule has 0 spiro atoms. The van der Waals surface area contributed by atoms with E-state index < -0.39 is 6.10 Å². The van der Waals surface area contributed by atoms with Crippen molar-refractivity contribution in [1.82, 2.24) is 0 Å². The molecule has 14 heavy (non-hydrogen) atoms. The van der Waals surface area contributed by atoms with Gasteiger partial charge in [0.15, 0.2) is 0 Å². The second-order valence-electron chi connectivity index (χ2n) is 4.32. The zero-order chi connectivity index (χ0) is 11.4. The summed E-state index contributed by atoms with van der Waals surface area (Å²) in [6.07, 6.45) is 3.58. The van der Waals surface area contributed by atoms with E-state index in [1.54, 1.807) is 12.2 Å². The van der Waals surface area contributed by atoms with Crippen LogP contribution in [0.1, 0.15) is 34.1 Å². The molecule has 3 N–H and O–H groups in total. The lowest BCUT2D eigenvalue weighted by Gasteiger charge is -2.37. The molecule has 0 saturated heterocycles. The molecule has 2 atom stereocenters. The molecule has 2 heteroatoms. The molecule has 2 unspecified atom stereocenters. The Balaban J connectivity index is 4.86. The highest BCUT2D eigenvalue weighted by atomic mass is 16.3. The van der Waals surface area contributed by atoms with Crippen LogP contribution < -0.4 is 5.73 Å². The number of aliphatic hydroxyl groups is 1. The van der Waals surface area contributed by atoms with Gasteiger partial charge in [0, 0.05) is 11.1 Å². The van der Waals surface area contributed by atoms with Crippen LogP contribution >= 0.6 is 0 Å². The van der Waals surface area contributed by atoms with Crippen LogP contribution in [0.2, 0.25) is 0 Å². The van der Waals surface area contributed by atoms with Gasteiger partial charge < -0.3 is 10.8 Å². The number of hydrogen-bond donors (Lipinski definition) is 2. The molecule has 0 aliphatic rings. The second kappa shape index (κ2) is 5.20. The van der Waals surface area contributed by atoms with Crippen molar-refractivity contribution < 1.29 is 5.11 Å². The molecule has 0 fully saturated rings. The summed E-state index contributed by atoms with van der Waals surface area (Å²) < 4.78 is 0. The molecule has 82 valence electrons. The number of aliphatic hydroxyl groups excluding tert-OH is 1. The third kappa shape index (κ3) is 2.61. The maximum absolute atomic E-state index is 10.1. The third-order valence-electron chi connectivity index (χ3n) is 3.33. The van der Waals surface area contributed by atoms with Crippen LogP contribution in [0.3, 0.4) is 0 Å². The monoisotopic (exact) mass is 197 g/mol. The summed E-state index contributed by atoms with van der Waals surface area (Å²) in [6, 6.07) is 0. The first-order valence-corrected chi connectivity index (χ1v) is 5.16. The predicted molar refractivity (Wildman–Crippen MR) is 61.7 cm³/mol. The van der Waals surface area contributed by atoms with Gasteiger partial charge in [-0.05, 0) is 18.4 Å². The minimum absolute atomic E-state index is 0.163. The van der Waals surface area contributed by atoms with Gasteiger partial charge in [0.2, 0.25) is 0 Å². The van der Waals surface area contributed by atoms with E-state index >= 15 is 0 Å². The zero-order valence-corrected chi connectivity index (χ0v) is 9.75. The maximum Gasteiger partial charge on any atom is 0.0987 e. The lowest BCUT2D eigenvalue weighted by Crippen LogP contribution is -2.40. The van der Waals surface area contributed by atoms with E-state index in [0.717, 1.165) is 6.42 Å². The summed E-state index contributed by atoms with van der Waals surface area (Å²) in [4.78, 5) is 0. The summed E-state index contributed by atoms with van der Waals surface area (Å²) in [5.41, 5.74) is 6.10. The quantitative estimate of drug-likeness (QED) is 0.665. The number of allylic oxidation sites excluding steroid dienone is 2. The molecule has 0 aromatic rings. The summed E-state index contributed by atoms with van der Waals surface area (Å²) in [5, 5.41) is 10.1. The minimum atomic E-state index is -0.592. The Bertz CT molecular complexity index is 220. The van der Waals surface area contributed by atoms with Crippen molar-refractivity contribution in [2.75, 3.05) is 0 Å². The summed E-state index contributed by atoms with van der Waals surface area (Å²) >= 11 is 0. The molecule has 0 bridgehead atoms. The molecule has 0 aromatic heterocycles. The highest BCUT2D eigenvalue weighted by molar-refractivity contribution is 5.14. The molecular weight excluding hydrogens is 174 g/mol. The van der Waals surface area contributed by atoms with E-state index in [1.807, 2.05) is 0 Å². The standard InChI is InChI=1S/C12H23NO/c1-6-8-10(13)11(14)12(5,7-2)9(3)4/h6,8-9,11,14H,1,7,13H2,2-5H3/b10-8+. The van der Waals surface area contributed by atoms with E-state index in [0.29, 0.717) is 11.6 Å². The number of rotatable bonds is 5. The number of hydrogen-bond acceptors (Lipinski definition) is 2. The van der Waals surface area contributed by atoms with Gasteiger partial charge in [0.05, 0.1) is 6.10 Å². The van der Waals surface area contributed by atoms with Crippen LogP contribution in [0.25, 0.3) is 0 Å². The predicted octanol–water partition coefficient (Wildman–Crippen LogP) is 2.45. The first kappa shape index (κ1) is 13.2. The molecule has 0 radical (unpaired) electrons. The van der Waals surface area contributed by atoms with Crippen LogP contribution in [0.4, 0.5) is 0 Å². The Morgan fingerprint density at radius 1 is 1.57 bits per heavy atom. The Hall–Kier alpha value is -0.760. The minimum Gasteiger partial charge on any atom is -0.400 e. The second-order valence-corrected chi connectivity index (χ2v) is 4.32. The van der Waals surface area contributed by atoms with Crippen molar-refractivity contribution in [3.8, 4) is 0 Å². The summed E-state index contributed by atoms with van der Waals surface area (Å²) in [7, 11) is 0. The van der Waals surface area contributed by atoms with Crippen molar-refractivity contribution in [2.24, 2.45) is 17.1 Å². The number of nitrogens with two attached hydrogens (primary N) is 1. The van der Waals surface area contributed by atoms with Gasteiger partial charge in [-0.25, -0.2) is 0 Å². The molecule has 0 aliphatic heterocycles. The third-order valence-corrected chi connectivity index (χ3v) is 3.33. The average molecular weight is 197 g/mol. The Labute approximate surface area is 87.5 Å². The van der Waals surface area contributed by atoms with Crippen LogP contribution in [-0.4, -0.2) is 11.2 Å². The molecule has 2 nitrogen and oxygen atoms in total. The molecule has 0 heterocycles. The largest absolute Gasteiger partial charge is 0.400 e. The van der Waals surface area contributed by atoms with Crippen LogP contribution in [-0.2, 0) is 0 Å². The normalized spacial score (nSPS) is 19.1. The van der Waals surface area contributed by atoms with E-state index in [2.05, 4.69) is 34.3 Å². The van der Waals surface area contributed by atoms with Crippen LogP contribution in [0.15, 0.2) is 24.4 Å². The molecule has 0 aromatic carbocycles. The van der Waals surface area contributed by atoms with Crippen LogP contribution in [0.5, 0.6) is 0 Å².